The highest BCUT2D eigenvalue weighted by atomic mass is 16.6. The second-order valence-corrected chi connectivity index (χ2v) is 8.43. The van der Waals surface area contributed by atoms with Gasteiger partial charge < -0.3 is 20.6 Å². The standard InChI is InChI=1S/C23H30N4O3/c1-23(2,3)30-22(28)26-14-15-27(19(16-26)21(24)25-29)20(17-10-6-4-7-11-17)18-12-8-5-9-13-18/h4-13,19-20,29H,14-16H2,1-3H3,(H2,24,25). The van der Waals surface area contributed by atoms with E-state index in [-0.39, 0.29) is 18.4 Å². The van der Waals surface area contributed by atoms with Gasteiger partial charge in [0.2, 0.25) is 0 Å². The molecule has 3 rings (SSSR count). The third kappa shape index (κ3) is 5.10. The van der Waals surface area contributed by atoms with Gasteiger partial charge >= 0.3 is 6.09 Å². The Morgan fingerprint density at radius 3 is 2.07 bits per heavy atom. The van der Waals surface area contributed by atoms with Crippen LogP contribution < -0.4 is 5.73 Å². The minimum Gasteiger partial charge on any atom is -0.444 e. The van der Waals surface area contributed by atoms with Crippen molar-refractivity contribution < 1.29 is 14.7 Å². The maximum absolute atomic E-state index is 12.6. The van der Waals surface area contributed by atoms with Crippen molar-refractivity contribution in [3.8, 4) is 0 Å². The van der Waals surface area contributed by atoms with E-state index in [0.29, 0.717) is 13.1 Å². The lowest BCUT2D eigenvalue weighted by Gasteiger charge is -2.44. The summed E-state index contributed by atoms with van der Waals surface area (Å²) in [5.41, 5.74) is 7.72. The predicted octanol–water partition coefficient (Wildman–Crippen LogP) is 3.44. The molecule has 1 heterocycles. The summed E-state index contributed by atoms with van der Waals surface area (Å²) < 4.78 is 5.53. The molecule has 3 N–H and O–H groups in total. The fraction of sp³-hybridized carbons (Fsp3) is 0.391. The van der Waals surface area contributed by atoms with E-state index in [4.69, 9.17) is 10.5 Å². The molecular formula is C23H30N4O3. The van der Waals surface area contributed by atoms with Crippen molar-refractivity contribution in [2.45, 2.75) is 38.5 Å². The Kier molecular flexibility index (Phi) is 6.62. The molecule has 1 saturated heterocycles. The number of hydrogen-bond donors (Lipinski definition) is 2. The number of rotatable bonds is 4. The van der Waals surface area contributed by atoms with Crippen molar-refractivity contribution in [1.82, 2.24) is 9.80 Å². The fourth-order valence-corrected chi connectivity index (χ4v) is 3.77. The van der Waals surface area contributed by atoms with Crippen molar-refractivity contribution in [1.29, 1.82) is 0 Å². The quantitative estimate of drug-likeness (QED) is 0.349. The number of oxime groups is 1. The van der Waals surface area contributed by atoms with Gasteiger partial charge in [-0.15, -0.1) is 0 Å². The maximum atomic E-state index is 12.6. The van der Waals surface area contributed by atoms with Crippen molar-refractivity contribution >= 4 is 11.9 Å². The molecule has 1 aliphatic rings. The van der Waals surface area contributed by atoms with E-state index in [0.717, 1.165) is 11.1 Å². The van der Waals surface area contributed by atoms with E-state index in [1.54, 1.807) is 4.90 Å². The third-order valence-electron chi connectivity index (χ3n) is 5.09. The minimum atomic E-state index is -0.586. The monoisotopic (exact) mass is 410 g/mol. The first kappa shape index (κ1) is 21.6. The summed E-state index contributed by atoms with van der Waals surface area (Å²) in [6.45, 7) is 6.82. The second kappa shape index (κ2) is 9.17. The zero-order valence-electron chi connectivity index (χ0n) is 17.7. The van der Waals surface area contributed by atoms with Gasteiger partial charge in [-0.25, -0.2) is 4.79 Å². The molecule has 2 aromatic rings. The molecule has 1 atom stereocenters. The summed E-state index contributed by atoms with van der Waals surface area (Å²) in [5, 5.41) is 12.7. The number of benzene rings is 2. The number of amides is 1. The molecular weight excluding hydrogens is 380 g/mol. The summed E-state index contributed by atoms with van der Waals surface area (Å²) in [6.07, 6.45) is -0.395. The Hall–Kier alpha value is -3.06. The van der Waals surface area contributed by atoms with Crippen LogP contribution in [0.5, 0.6) is 0 Å². The first-order valence-electron chi connectivity index (χ1n) is 10.1. The third-order valence-corrected chi connectivity index (χ3v) is 5.09. The van der Waals surface area contributed by atoms with Gasteiger partial charge in [-0.05, 0) is 31.9 Å². The fourth-order valence-electron chi connectivity index (χ4n) is 3.77. The van der Waals surface area contributed by atoms with Crippen molar-refractivity contribution in [2.75, 3.05) is 19.6 Å². The van der Waals surface area contributed by atoms with Gasteiger partial charge in [0, 0.05) is 19.6 Å². The lowest BCUT2D eigenvalue weighted by atomic mass is 9.94. The van der Waals surface area contributed by atoms with Crippen LogP contribution in [0.4, 0.5) is 4.79 Å². The van der Waals surface area contributed by atoms with Crippen LogP contribution in [0.1, 0.15) is 37.9 Å². The molecule has 1 fully saturated rings. The minimum absolute atomic E-state index is 0.0696. The van der Waals surface area contributed by atoms with Gasteiger partial charge in [-0.1, -0.05) is 65.8 Å². The molecule has 2 aromatic carbocycles. The highest BCUT2D eigenvalue weighted by molar-refractivity contribution is 5.86. The lowest BCUT2D eigenvalue weighted by molar-refractivity contribution is 0.00625. The largest absolute Gasteiger partial charge is 0.444 e. The number of hydrogen-bond acceptors (Lipinski definition) is 5. The van der Waals surface area contributed by atoms with Crippen LogP contribution in [0.25, 0.3) is 0 Å². The summed E-state index contributed by atoms with van der Waals surface area (Å²) in [7, 11) is 0. The Balaban J connectivity index is 1.94. The molecule has 0 aliphatic carbocycles. The van der Waals surface area contributed by atoms with Gasteiger partial charge in [0.15, 0.2) is 5.84 Å². The molecule has 1 amide bonds. The van der Waals surface area contributed by atoms with E-state index >= 15 is 0 Å². The van der Waals surface area contributed by atoms with Crippen LogP contribution in [0, 0.1) is 0 Å². The number of ether oxygens (including phenoxy) is 1. The molecule has 7 nitrogen and oxygen atoms in total. The molecule has 1 unspecified atom stereocenters. The number of carbonyl (C=O) groups excluding carboxylic acids is 1. The van der Waals surface area contributed by atoms with Crippen LogP contribution >= 0.6 is 0 Å². The van der Waals surface area contributed by atoms with Gasteiger partial charge in [0.1, 0.15) is 5.60 Å². The van der Waals surface area contributed by atoms with Crippen molar-refractivity contribution in [3.63, 3.8) is 0 Å². The molecule has 0 radical (unpaired) electrons. The summed E-state index contributed by atoms with van der Waals surface area (Å²) in [4.78, 5) is 16.4. The van der Waals surface area contributed by atoms with Crippen molar-refractivity contribution in [2.24, 2.45) is 10.9 Å². The smallest absolute Gasteiger partial charge is 0.410 e. The molecule has 0 saturated carbocycles. The average Bonchev–Trinajstić information content (AvgIpc) is 2.74. The summed E-state index contributed by atoms with van der Waals surface area (Å²) >= 11 is 0. The molecule has 7 heteroatoms. The molecule has 0 aromatic heterocycles. The van der Waals surface area contributed by atoms with E-state index in [1.807, 2.05) is 57.2 Å². The van der Waals surface area contributed by atoms with Gasteiger partial charge in [-0.2, -0.15) is 0 Å². The molecule has 0 spiro atoms. The van der Waals surface area contributed by atoms with Crippen LogP contribution in [0.2, 0.25) is 0 Å². The Morgan fingerprint density at radius 1 is 1.07 bits per heavy atom. The summed E-state index contributed by atoms with van der Waals surface area (Å²) in [5.74, 6) is 0.0696. The van der Waals surface area contributed by atoms with E-state index in [9.17, 15) is 10.0 Å². The molecule has 160 valence electrons. The maximum Gasteiger partial charge on any atom is 0.410 e. The van der Waals surface area contributed by atoms with E-state index in [1.165, 1.54) is 0 Å². The van der Waals surface area contributed by atoms with Crippen LogP contribution in [-0.4, -0.2) is 58.2 Å². The highest BCUT2D eigenvalue weighted by Gasteiger charge is 2.38. The number of amidine groups is 1. The average molecular weight is 411 g/mol. The Morgan fingerprint density at radius 2 is 1.60 bits per heavy atom. The van der Waals surface area contributed by atoms with Gasteiger partial charge in [-0.3, -0.25) is 4.90 Å². The summed E-state index contributed by atoms with van der Waals surface area (Å²) in [6, 6.07) is 19.7. The van der Waals surface area contributed by atoms with Crippen LogP contribution in [-0.2, 0) is 4.74 Å². The van der Waals surface area contributed by atoms with Gasteiger partial charge in [0.25, 0.3) is 0 Å². The zero-order valence-corrected chi connectivity index (χ0v) is 17.7. The lowest BCUT2D eigenvalue weighted by Crippen LogP contribution is -2.60. The highest BCUT2D eigenvalue weighted by Crippen LogP contribution is 2.32. The first-order chi connectivity index (χ1) is 14.3. The van der Waals surface area contributed by atoms with Gasteiger partial charge in [0.05, 0.1) is 12.1 Å². The number of carbonyl (C=O) groups is 1. The second-order valence-electron chi connectivity index (χ2n) is 8.43. The molecule has 0 bridgehead atoms. The Labute approximate surface area is 177 Å². The number of piperazine rings is 1. The van der Waals surface area contributed by atoms with Crippen molar-refractivity contribution in [3.05, 3.63) is 71.8 Å². The number of nitrogens with zero attached hydrogens (tertiary/aromatic N) is 3. The first-order valence-corrected chi connectivity index (χ1v) is 10.1. The number of nitrogens with two attached hydrogens (primary N) is 1. The zero-order chi connectivity index (χ0) is 21.7. The normalized spacial score (nSPS) is 18.5. The van der Waals surface area contributed by atoms with Crippen LogP contribution in [0.15, 0.2) is 65.8 Å². The molecule has 1 aliphatic heterocycles. The predicted molar refractivity (Wildman–Crippen MR) is 116 cm³/mol. The SMILES string of the molecule is CC(C)(C)OC(=O)N1CCN(C(c2ccccc2)c2ccccc2)C(/C(N)=N/O)C1. The van der Waals surface area contributed by atoms with E-state index < -0.39 is 17.7 Å². The van der Waals surface area contributed by atoms with E-state index in [2.05, 4.69) is 34.3 Å². The Bertz CT molecular complexity index is 826. The van der Waals surface area contributed by atoms with Crippen LogP contribution in [0.3, 0.4) is 0 Å². The molecule has 30 heavy (non-hydrogen) atoms. The topological polar surface area (TPSA) is 91.4 Å².